The summed E-state index contributed by atoms with van der Waals surface area (Å²) < 4.78 is 6.29. The predicted molar refractivity (Wildman–Crippen MR) is 75.7 cm³/mol. The average molecular weight is 258 g/mol. The Balaban J connectivity index is 1.91. The second kappa shape index (κ2) is 4.66. The summed E-state index contributed by atoms with van der Waals surface area (Å²) in [4.78, 5) is 12.4. The average Bonchev–Trinajstić information content (AvgIpc) is 2.54. The molecule has 0 aromatic heterocycles. The molecule has 1 spiro atoms. The van der Waals surface area contributed by atoms with Gasteiger partial charge in [0.1, 0.15) is 11.4 Å². The van der Waals surface area contributed by atoms with Gasteiger partial charge >= 0.3 is 0 Å². The van der Waals surface area contributed by atoms with E-state index in [-0.39, 0.29) is 11.4 Å². The van der Waals surface area contributed by atoms with Gasteiger partial charge in [-0.25, -0.2) is 0 Å². The van der Waals surface area contributed by atoms with Crippen LogP contribution in [0.4, 0.5) is 0 Å². The summed E-state index contributed by atoms with van der Waals surface area (Å²) >= 11 is 0. The van der Waals surface area contributed by atoms with E-state index in [1.54, 1.807) is 0 Å². The molecule has 2 aliphatic rings. The number of ether oxygens (including phenoxy) is 1. The van der Waals surface area contributed by atoms with Crippen molar-refractivity contribution < 1.29 is 9.53 Å². The fourth-order valence-corrected chi connectivity index (χ4v) is 3.44. The van der Waals surface area contributed by atoms with Gasteiger partial charge in [-0.2, -0.15) is 0 Å². The van der Waals surface area contributed by atoms with Gasteiger partial charge in [0.05, 0.1) is 12.0 Å². The first kappa shape index (κ1) is 12.7. The van der Waals surface area contributed by atoms with E-state index in [1.807, 2.05) is 25.1 Å². The Morgan fingerprint density at radius 3 is 2.95 bits per heavy atom. The molecule has 1 aliphatic carbocycles. The van der Waals surface area contributed by atoms with Crippen molar-refractivity contribution in [1.82, 2.24) is 0 Å². The third-order valence-corrected chi connectivity index (χ3v) is 4.67. The SMILES string of the molecule is Cc1ccc2c(c1)C(=O)CC1(CCCC(C)CC1)O2. The zero-order valence-electron chi connectivity index (χ0n) is 11.9. The number of fused-ring (bicyclic) bond motifs is 1. The fraction of sp³-hybridized carbons (Fsp3) is 0.588. The van der Waals surface area contributed by atoms with Crippen molar-refractivity contribution in [1.29, 1.82) is 0 Å². The van der Waals surface area contributed by atoms with E-state index >= 15 is 0 Å². The minimum Gasteiger partial charge on any atom is -0.486 e. The Labute approximate surface area is 115 Å². The van der Waals surface area contributed by atoms with Crippen molar-refractivity contribution in [3.63, 3.8) is 0 Å². The van der Waals surface area contributed by atoms with E-state index in [1.165, 1.54) is 19.3 Å². The van der Waals surface area contributed by atoms with Crippen LogP contribution in [0.1, 0.15) is 61.4 Å². The summed E-state index contributed by atoms with van der Waals surface area (Å²) in [6, 6.07) is 5.96. The van der Waals surface area contributed by atoms with E-state index in [9.17, 15) is 4.79 Å². The molecule has 19 heavy (non-hydrogen) atoms. The van der Waals surface area contributed by atoms with Crippen LogP contribution in [0.3, 0.4) is 0 Å². The highest BCUT2D eigenvalue weighted by atomic mass is 16.5. The maximum atomic E-state index is 12.4. The van der Waals surface area contributed by atoms with Crippen molar-refractivity contribution in [2.75, 3.05) is 0 Å². The molecule has 0 amide bonds. The maximum Gasteiger partial charge on any atom is 0.170 e. The van der Waals surface area contributed by atoms with Gasteiger partial charge in [-0.05, 0) is 50.7 Å². The molecular weight excluding hydrogens is 236 g/mol. The number of rotatable bonds is 0. The van der Waals surface area contributed by atoms with Gasteiger partial charge in [-0.3, -0.25) is 4.79 Å². The standard InChI is InChI=1S/C17H22O2/c1-12-4-3-8-17(9-7-12)11-15(18)14-10-13(2)5-6-16(14)19-17/h5-6,10,12H,3-4,7-9,11H2,1-2H3. The first-order valence-corrected chi connectivity index (χ1v) is 7.41. The highest BCUT2D eigenvalue weighted by Gasteiger charge is 2.41. The molecule has 1 fully saturated rings. The van der Waals surface area contributed by atoms with Gasteiger partial charge in [0.25, 0.3) is 0 Å². The molecule has 0 saturated heterocycles. The summed E-state index contributed by atoms with van der Waals surface area (Å²) in [7, 11) is 0. The van der Waals surface area contributed by atoms with Crippen molar-refractivity contribution in [3.8, 4) is 5.75 Å². The molecule has 2 unspecified atom stereocenters. The molecule has 0 N–H and O–H groups in total. The molecule has 2 atom stereocenters. The molecule has 2 heteroatoms. The van der Waals surface area contributed by atoms with Gasteiger partial charge in [0, 0.05) is 0 Å². The highest BCUT2D eigenvalue weighted by molar-refractivity contribution is 6.00. The number of hydrogen-bond acceptors (Lipinski definition) is 2. The van der Waals surface area contributed by atoms with Crippen LogP contribution in [0.5, 0.6) is 5.75 Å². The smallest absolute Gasteiger partial charge is 0.170 e. The van der Waals surface area contributed by atoms with Crippen molar-refractivity contribution in [3.05, 3.63) is 29.3 Å². The molecular formula is C17H22O2. The number of Topliss-reactive ketones (excluding diaryl/α,β-unsaturated/α-hetero) is 1. The molecule has 1 aromatic carbocycles. The Morgan fingerprint density at radius 1 is 1.26 bits per heavy atom. The minimum absolute atomic E-state index is 0.218. The summed E-state index contributed by atoms with van der Waals surface area (Å²) in [5.41, 5.74) is 1.69. The van der Waals surface area contributed by atoms with Crippen molar-refractivity contribution in [2.45, 2.75) is 58.0 Å². The van der Waals surface area contributed by atoms with E-state index in [0.717, 1.165) is 35.6 Å². The molecule has 1 aromatic rings. The van der Waals surface area contributed by atoms with Gasteiger partial charge in [0.2, 0.25) is 0 Å². The Hall–Kier alpha value is -1.31. The normalized spacial score (nSPS) is 30.6. The molecule has 1 heterocycles. The zero-order chi connectivity index (χ0) is 13.5. The molecule has 3 rings (SSSR count). The number of hydrogen-bond donors (Lipinski definition) is 0. The van der Waals surface area contributed by atoms with Crippen molar-refractivity contribution in [2.24, 2.45) is 5.92 Å². The largest absolute Gasteiger partial charge is 0.486 e. The molecule has 1 aliphatic heterocycles. The Kier molecular flexibility index (Phi) is 3.12. The lowest BCUT2D eigenvalue weighted by Gasteiger charge is -2.37. The number of carbonyl (C=O) groups excluding carboxylic acids is 1. The second-order valence-electron chi connectivity index (χ2n) is 6.42. The summed E-state index contributed by atoms with van der Waals surface area (Å²) in [6.07, 6.45) is 6.23. The number of ketones is 1. The molecule has 0 radical (unpaired) electrons. The van der Waals surface area contributed by atoms with Crippen LogP contribution in [-0.4, -0.2) is 11.4 Å². The number of benzene rings is 1. The molecule has 0 bridgehead atoms. The summed E-state index contributed by atoms with van der Waals surface area (Å²) in [5, 5.41) is 0. The maximum absolute atomic E-state index is 12.4. The second-order valence-corrected chi connectivity index (χ2v) is 6.42. The molecule has 102 valence electrons. The first-order valence-electron chi connectivity index (χ1n) is 7.41. The lowest BCUT2D eigenvalue weighted by Crippen LogP contribution is -2.41. The number of carbonyl (C=O) groups is 1. The topological polar surface area (TPSA) is 26.3 Å². The van der Waals surface area contributed by atoms with E-state index < -0.39 is 0 Å². The predicted octanol–water partition coefficient (Wildman–Crippen LogP) is 4.30. The van der Waals surface area contributed by atoms with Crippen LogP contribution in [-0.2, 0) is 0 Å². The quantitative estimate of drug-likeness (QED) is 0.693. The van der Waals surface area contributed by atoms with Crippen LogP contribution in [0.25, 0.3) is 0 Å². The Morgan fingerprint density at radius 2 is 2.11 bits per heavy atom. The van der Waals surface area contributed by atoms with Gasteiger partial charge < -0.3 is 4.74 Å². The zero-order valence-corrected chi connectivity index (χ0v) is 11.9. The van der Waals surface area contributed by atoms with E-state index in [0.29, 0.717) is 6.42 Å². The third kappa shape index (κ3) is 2.41. The van der Waals surface area contributed by atoms with Crippen LogP contribution in [0, 0.1) is 12.8 Å². The van der Waals surface area contributed by atoms with Crippen LogP contribution in [0.2, 0.25) is 0 Å². The monoisotopic (exact) mass is 258 g/mol. The number of aryl methyl sites for hydroxylation is 1. The van der Waals surface area contributed by atoms with Crippen LogP contribution in [0.15, 0.2) is 18.2 Å². The first-order chi connectivity index (χ1) is 9.08. The Bertz CT molecular complexity index is 506. The van der Waals surface area contributed by atoms with Crippen LogP contribution < -0.4 is 4.74 Å². The minimum atomic E-state index is -0.218. The molecule has 2 nitrogen and oxygen atoms in total. The molecule has 1 saturated carbocycles. The highest BCUT2D eigenvalue weighted by Crippen LogP contribution is 2.42. The van der Waals surface area contributed by atoms with Gasteiger partial charge in [-0.15, -0.1) is 0 Å². The van der Waals surface area contributed by atoms with Crippen LogP contribution >= 0.6 is 0 Å². The lowest BCUT2D eigenvalue weighted by molar-refractivity contribution is 0.0291. The third-order valence-electron chi connectivity index (χ3n) is 4.67. The van der Waals surface area contributed by atoms with E-state index in [2.05, 4.69) is 6.92 Å². The summed E-state index contributed by atoms with van der Waals surface area (Å²) in [5.74, 6) is 1.83. The van der Waals surface area contributed by atoms with Crippen molar-refractivity contribution >= 4 is 5.78 Å². The van der Waals surface area contributed by atoms with E-state index in [4.69, 9.17) is 4.74 Å². The van der Waals surface area contributed by atoms with Gasteiger partial charge in [0.15, 0.2) is 5.78 Å². The van der Waals surface area contributed by atoms with Gasteiger partial charge in [-0.1, -0.05) is 25.0 Å². The fourth-order valence-electron chi connectivity index (χ4n) is 3.44. The summed E-state index contributed by atoms with van der Waals surface area (Å²) in [6.45, 7) is 4.33. The lowest BCUT2D eigenvalue weighted by atomic mass is 9.83.